The van der Waals surface area contributed by atoms with Gasteiger partial charge in [0.15, 0.2) is 6.10 Å². The van der Waals surface area contributed by atoms with Gasteiger partial charge in [-0.3, -0.25) is 9.59 Å². The maximum absolute atomic E-state index is 11.5. The first kappa shape index (κ1) is 24.6. The molecule has 1 aromatic carbocycles. The molecule has 0 bridgehead atoms. The third-order valence-corrected chi connectivity index (χ3v) is 5.06. The summed E-state index contributed by atoms with van der Waals surface area (Å²) >= 11 is 0. The van der Waals surface area contributed by atoms with E-state index in [0.717, 1.165) is 0 Å². The second-order valence-electron chi connectivity index (χ2n) is 8.19. The fourth-order valence-electron chi connectivity index (χ4n) is 2.63. The van der Waals surface area contributed by atoms with Gasteiger partial charge in [-0.1, -0.05) is 26.0 Å². The van der Waals surface area contributed by atoms with Gasteiger partial charge in [-0.2, -0.15) is 0 Å². The van der Waals surface area contributed by atoms with E-state index in [1.165, 1.54) is 12.1 Å². The van der Waals surface area contributed by atoms with Crippen LogP contribution in [0.2, 0.25) is 0 Å². The minimum absolute atomic E-state index is 0.0648. The predicted molar refractivity (Wildman–Crippen MR) is 103 cm³/mol. The van der Waals surface area contributed by atoms with Crippen LogP contribution in [-0.2, 0) is 24.3 Å². The molecule has 1 amide bonds. The van der Waals surface area contributed by atoms with E-state index in [1.807, 2.05) is 39.7 Å². The molecule has 1 aliphatic heterocycles. The number of hydrogen-bond acceptors (Lipinski definition) is 7. The van der Waals surface area contributed by atoms with Crippen molar-refractivity contribution in [2.24, 2.45) is 5.92 Å². The summed E-state index contributed by atoms with van der Waals surface area (Å²) in [7, 11) is 2.19. The number of sulfonamides is 1. The highest BCUT2D eigenvalue weighted by molar-refractivity contribution is 7.90. The lowest BCUT2D eigenvalue weighted by molar-refractivity contribution is -0.873. The largest absolute Gasteiger partial charge is 0.550 e. The smallest absolute Gasteiger partial charge is 0.306 e. The Morgan fingerprint density at radius 3 is 2.21 bits per heavy atom. The Morgan fingerprint density at radius 2 is 1.72 bits per heavy atom. The third kappa shape index (κ3) is 8.61. The van der Waals surface area contributed by atoms with Crippen molar-refractivity contribution in [2.45, 2.75) is 37.7 Å². The number of hydrogen-bond donors (Lipinski definition) is 1. The van der Waals surface area contributed by atoms with Gasteiger partial charge in [-0.05, 0) is 18.1 Å². The highest BCUT2D eigenvalue weighted by Gasteiger charge is 2.31. The summed E-state index contributed by atoms with van der Waals surface area (Å²) in [5, 5.41) is 10.6. The zero-order valence-corrected chi connectivity index (χ0v) is 18.1. The molecule has 29 heavy (non-hydrogen) atoms. The van der Waals surface area contributed by atoms with E-state index in [9.17, 15) is 27.9 Å². The number of esters is 1. The van der Waals surface area contributed by atoms with Crippen molar-refractivity contribution < 1.29 is 37.1 Å². The molecule has 0 radical (unpaired) electrons. The lowest BCUT2D eigenvalue weighted by Crippen LogP contribution is -2.45. The van der Waals surface area contributed by atoms with Crippen LogP contribution in [0, 0.1) is 5.92 Å². The summed E-state index contributed by atoms with van der Waals surface area (Å²) in [4.78, 5) is 33.1. The normalized spacial score (nSPS) is 15.6. The van der Waals surface area contributed by atoms with Crippen molar-refractivity contribution in [1.82, 2.24) is 4.72 Å². The molecule has 162 valence electrons. The third-order valence-electron chi connectivity index (χ3n) is 3.67. The van der Waals surface area contributed by atoms with Crippen LogP contribution in [0.3, 0.4) is 0 Å². The van der Waals surface area contributed by atoms with Crippen LogP contribution in [0.5, 0.6) is 0 Å². The molecule has 2 rings (SSSR count). The number of ether oxygens (including phenoxy) is 1. The maximum Gasteiger partial charge on any atom is 0.306 e. The number of benzene rings is 1. The molecule has 1 heterocycles. The molecule has 0 spiro atoms. The van der Waals surface area contributed by atoms with Crippen LogP contribution in [0.4, 0.5) is 0 Å². The minimum Gasteiger partial charge on any atom is -0.550 e. The van der Waals surface area contributed by atoms with Gasteiger partial charge in [0.25, 0.3) is 15.9 Å². The molecule has 9 nitrogen and oxygen atoms in total. The fraction of sp³-hybridized carbons (Fsp3) is 0.526. The van der Waals surface area contributed by atoms with Crippen LogP contribution in [0.1, 0.15) is 37.0 Å². The molecule has 10 heteroatoms. The molecule has 1 atom stereocenters. The van der Waals surface area contributed by atoms with Gasteiger partial charge < -0.3 is 19.1 Å². The average molecular weight is 429 g/mol. The SMILES string of the molecule is CC(C)CC(=O)O[C@H](CC(=O)[O-])C[N+](C)(C)C.O=C1NS(=O)(=O)c2ccccc21. The average Bonchev–Trinajstić information content (AvgIpc) is 2.74. The molecule has 0 unspecified atom stereocenters. The first-order valence-corrected chi connectivity index (χ1v) is 10.6. The van der Waals surface area contributed by atoms with Crippen molar-refractivity contribution in [3.8, 4) is 0 Å². The minimum atomic E-state index is -3.55. The molecular formula is C19H28N2O7S. The van der Waals surface area contributed by atoms with E-state index < -0.39 is 28.0 Å². The van der Waals surface area contributed by atoms with Gasteiger partial charge in [-0.15, -0.1) is 0 Å². The monoisotopic (exact) mass is 428 g/mol. The van der Waals surface area contributed by atoms with E-state index in [4.69, 9.17) is 4.74 Å². The first-order chi connectivity index (χ1) is 13.2. The van der Waals surface area contributed by atoms with Crippen molar-refractivity contribution >= 4 is 27.9 Å². The number of nitrogens with zero attached hydrogens (tertiary/aromatic N) is 1. The number of carboxylic acid groups (broad SMARTS) is 1. The van der Waals surface area contributed by atoms with Crippen molar-refractivity contribution in [2.75, 3.05) is 27.7 Å². The predicted octanol–water partition coefficient (Wildman–Crippen LogP) is -0.0908. The van der Waals surface area contributed by atoms with Crippen molar-refractivity contribution in [3.05, 3.63) is 29.8 Å². The number of aliphatic carboxylic acids is 1. The zero-order valence-electron chi connectivity index (χ0n) is 17.3. The summed E-state index contributed by atoms with van der Waals surface area (Å²) in [6.07, 6.45) is -0.564. The van der Waals surface area contributed by atoms with Crippen molar-refractivity contribution in [3.63, 3.8) is 0 Å². The second-order valence-corrected chi connectivity index (χ2v) is 9.84. The topological polar surface area (TPSA) is 130 Å². The standard InChI is InChI=1S/C12H23NO4.C7H5NO3S/c1-9(2)6-12(16)17-10(7-11(14)15)8-13(3,4)5;9-7-5-3-1-2-4-6(5)12(10,11)8-7/h9-10H,6-8H2,1-5H3;1-4H,(H,8,9)/t10-;/m1./s1. The number of rotatable bonds is 7. The van der Waals surface area contributed by atoms with Gasteiger partial charge in [0.1, 0.15) is 11.4 Å². The van der Waals surface area contributed by atoms with Crippen molar-refractivity contribution in [1.29, 1.82) is 0 Å². The van der Waals surface area contributed by atoms with Gasteiger partial charge >= 0.3 is 5.97 Å². The Balaban J connectivity index is 0.000000304. The number of likely N-dealkylation sites (N-methyl/N-ethyl adjacent to an activating group) is 1. The Hall–Kier alpha value is -2.46. The summed E-state index contributed by atoms with van der Waals surface area (Å²) in [5.41, 5.74) is 0.220. The molecule has 0 fully saturated rings. The van der Waals surface area contributed by atoms with Crippen LogP contribution in [0.15, 0.2) is 29.2 Å². The number of quaternary nitrogens is 1. The molecule has 0 aromatic heterocycles. The highest BCUT2D eigenvalue weighted by Crippen LogP contribution is 2.20. The van der Waals surface area contributed by atoms with Crippen LogP contribution < -0.4 is 9.83 Å². The number of nitrogens with one attached hydrogen (secondary N) is 1. The molecule has 0 saturated heterocycles. The van der Waals surface area contributed by atoms with E-state index in [1.54, 1.807) is 12.1 Å². The van der Waals surface area contributed by atoms with E-state index >= 15 is 0 Å². The van der Waals surface area contributed by atoms with E-state index in [-0.39, 0.29) is 28.8 Å². The molecule has 1 aliphatic rings. The number of carbonyl (C=O) groups excluding carboxylic acids is 3. The lowest BCUT2D eigenvalue weighted by atomic mass is 10.1. The maximum atomic E-state index is 11.5. The number of carboxylic acids is 1. The van der Waals surface area contributed by atoms with Crippen LogP contribution in [0.25, 0.3) is 0 Å². The second kappa shape index (κ2) is 9.84. The Kier molecular flexibility index (Phi) is 8.34. The molecule has 0 saturated carbocycles. The van der Waals surface area contributed by atoms with E-state index in [0.29, 0.717) is 17.4 Å². The molecule has 1 aromatic rings. The van der Waals surface area contributed by atoms with Gasteiger partial charge in [0, 0.05) is 18.8 Å². The molecule has 1 N–H and O–H groups in total. The summed E-state index contributed by atoms with van der Waals surface area (Å²) in [6, 6.07) is 6.09. The number of carbonyl (C=O) groups is 3. The highest BCUT2D eigenvalue weighted by atomic mass is 32.2. The van der Waals surface area contributed by atoms with E-state index in [2.05, 4.69) is 0 Å². The molecular weight excluding hydrogens is 400 g/mol. The molecule has 0 aliphatic carbocycles. The lowest BCUT2D eigenvalue weighted by Gasteiger charge is -2.29. The van der Waals surface area contributed by atoms with Gasteiger partial charge in [0.05, 0.1) is 26.7 Å². The quantitative estimate of drug-likeness (QED) is 0.474. The summed E-state index contributed by atoms with van der Waals surface area (Å²) in [5.74, 6) is -1.89. The van der Waals surface area contributed by atoms with Crippen LogP contribution >= 0.6 is 0 Å². The fourth-order valence-corrected chi connectivity index (χ4v) is 3.80. The Labute approximate surface area is 171 Å². The zero-order chi connectivity index (χ0) is 22.4. The first-order valence-electron chi connectivity index (χ1n) is 9.07. The number of fused-ring (bicyclic) bond motifs is 1. The number of amides is 1. The Morgan fingerprint density at radius 1 is 1.14 bits per heavy atom. The Bertz CT molecular complexity index is 858. The summed E-state index contributed by atoms with van der Waals surface area (Å²) < 4.78 is 29.9. The van der Waals surface area contributed by atoms with Gasteiger partial charge in [-0.25, -0.2) is 13.1 Å². The van der Waals surface area contributed by atoms with Gasteiger partial charge in [0.2, 0.25) is 0 Å². The summed E-state index contributed by atoms with van der Waals surface area (Å²) in [6.45, 7) is 4.28. The van der Waals surface area contributed by atoms with Crippen LogP contribution in [-0.4, -0.2) is 64.5 Å².